The first kappa shape index (κ1) is 14.7. The summed E-state index contributed by atoms with van der Waals surface area (Å²) in [6.45, 7) is 2.90. The number of nitrogens with zero attached hydrogens (tertiary/aromatic N) is 1. The third kappa shape index (κ3) is 4.14. The average Bonchev–Trinajstić information content (AvgIpc) is 2.47. The summed E-state index contributed by atoms with van der Waals surface area (Å²) in [6, 6.07) is 16.1. The summed E-state index contributed by atoms with van der Waals surface area (Å²) in [4.78, 5) is 0. The highest BCUT2D eigenvalue weighted by molar-refractivity contribution is 14.1. The zero-order valence-electron chi connectivity index (χ0n) is 11.2. The second-order valence-corrected chi connectivity index (χ2v) is 5.57. The number of ether oxygens (including phenoxy) is 1. The van der Waals surface area contributed by atoms with E-state index in [2.05, 4.69) is 53.0 Å². The lowest BCUT2D eigenvalue weighted by atomic mass is 10.2. The van der Waals surface area contributed by atoms with Crippen LogP contribution in [-0.4, -0.2) is 6.61 Å². The Hall–Kier alpha value is -1.74. The topological polar surface area (TPSA) is 45.0 Å². The van der Waals surface area contributed by atoms with Crippen molar-refractivity contribution in [3.63, 3.8) is 0 Å². The number of anilines is 1. The van der Waals surface area contributed by atoms with Crippen molar-refractivity contribution in [2.45, 2.75) is 13.5 Å². The van der Waals surface area contributed by atoms with Crippen molar-refractivity contribution in [1.82, 2.24) is 0 Å². The fraction of sp³-hybridized carbons (Fsp3) is 0.188. The van der Waals surface area contributed by atoms with E-state index < -0.39 is 0 Å². The zero-order valence-corrected chi connectivity index (χ0v) is 13.3. The van der Waals surface area contributed by atoms with E-state index in [4.69, 9.17) is 10.00 Å². The van der Waals surface area contributed by atoms with E-state index in [1.54, 1.807) is 0 Å². The summed E-state index contributed by atoms with van der Waals surface area (Å²) in [5.41, 5.74) is 3.50. The molecule has 0 amide bonds. The van der Waals surface area contributed by atoms with Gasteiger partial charge in [-0.15, -0.1) is 0 Å². The lowest BCUT2D eigenvalue weighted by Gasteiger charge is -2.09. The number of hydrogen-bond acceptors (Lipinski definition) is 3. The molecule has 2 aromatic carbocycles. The largest absolute Gasteiger partial charge is 0.479 e. The van der Waals surface area contributed by atoms with Gasteiger partial charge in [-0.25, -0.2) is 0 Å². The molecule has 2 aromatic rings. The maximum atomic E-state index is 8.51. The van der Waals surface area contributed by atoms with Gasteiger partial charge in [-0.3, -0.25) is 0 Å². The lowest BCUT2D eigenvalue weighted by Crippen LogP contribution is -2.01. The Morgan fingerprint density at radius 1 is 1.25 bits per heavy atom. The molecule has 0 fully saturated rings. The first-order valence-electron chi connectivity index (χ1n) is 6.28. The summed E-state index contributed by atoms with van der Waals surface area (Å²) in [5, 5.41) is 11.9. The molecule has 3 nitrogen and oxygen atoms in total. The van der Waals surface area contributed by atoms with Crippen molar-refractivity contribution in [1.29, 1.82) is 5.26 Å². The highest BCUT2D eigenvalue weighted by Crippen LogP contribution is 2.19. The van der Waals surface area contributed by atoms with Gasteiger partial charge in [-0.2, -0.15) is 5.26 Å². The van der Waals surface area contributed by atoms with Gasteiger partial charge in [0.2, 0.25) is 0 Å². The fourth-order valence-corrected chi connectivity index (χ4v) is 2.28. The normalized spacial score (nSPS) is 9.85. The number of aryl methyl sites for hydroxylation is 1. The lowest BCUT2D eigenvalue weighted by molar-refractivity contribution is 0.368. The van der Waals surface area contributed by atoms with Gasteiger partial charge in [0.15, 0.2) is 6.61 Å². The number of halogens is 1. The van der Waals surface area contributed by atoms with Crippen LogP contribution in [0, 0.1) is 21.8 Å². The molecule has 0 spiro atoms. The Bertz CT molecular complexity index is 635. The number of nitrogens with one attached hydrogen (secondary N) is 1. The van der Waals surface area contributed by atoms with E-state index in [0.717, 1.165) is 23.5 Å². The highest BCUT2D eigenvalue weighted by Gasteiger charge is 1.99. The van der Waals surface area contributed by atoms with Gasteiger partial charge in [-0.05, 0) is 64.9 Å². The smallest absolute Gasteiger partial charge is 0.174 e. The van der Waals surface area contributed by atoms with Gasteiger partial charge < -0.3 is 10.1 Å². The quantitative estimate of drug-likeness (QED) is 0.797. The maximum absolute atomic E-state index is 8.51. The van der Waals surface area contributed by atoms with Gasteiger partial charge in [0.05, 0.1) is 0 Å². The number of benzene rings is 2. The van der Waals surface area contributed by atoms with Crippen molar-refractivity contribution in [2.75, 3.05) is 11.9 Å². The molecule has 2 rings (SSSR count). The minimum absolute atomic E-state index is 0.0764. The summed E-state index contributed by atoms with van der Waals surface area (Å²) >= 11 is 2.33. The molecule has 0 saturated heterocycles. The van der Waals surface area contributed by atoms with Gasteiger partial charge >= 0.3 is 0 Å². The Kier molecular flexibility index (Phi) is 5.24. The van der Waals surface area contributed by atoms with Gasteiger partial charge in [0.25, 0.3) is 0 Å². The van der Waals surface area contributed by atoms with Crippen LogP contribution in [0.2, 0.25) is 0 Å². The Labute approximate surface area is 132 Å². The van der Waals surface area contributed by atoms with E-state index in [-0.39, 0.29) is 6.61 Å². The molecule has 0 bridgehead atoms. The van der Waals surface area contributed by atoms with Gasteiger partial charge in [-0.1, -0.05) is 18.2 Å². The minimum Gasteiger partial charge on any atom is -0.479 e. The molecule has 20 heavy (non-hydrogen) atoms. The van der Waals surface area contributed by atoms with Crippen LogP contribution in [0.4, 0.5) is 5.69 Å². The maximum Gasteiger partial charge on any atom is 0.174 e. The Morgan fingerprint density at radius 3 is 2.85 bits per heavy atom. The van der Waals surface area contributed by atoms with Crippen molar-refractivity contribution < 1.29 is 4.74 Å². The SMILES string of the molecule is Cc1ccc(NCc2cccc(OCC#N)c2)cc1I. The molecule has 0 radical (unpaired) electrons. The van der Waals surface area contributed by atoms with Crippen molar-refractivity contribution in [3.05, 3.63) is 57.2 Å². The third-order valence-electron chi connectivity index (χ3n) is 2.87. The second-order valence-electron chi connectivity index (χ2n) is 4.41. The predicted octanol–water partition coefficient (Wildman–Crippen LogP) is 4.11. The summed E-state index contributed by atoms with van der Waals surface area (Å²) in [5.74, 6) is 0.726. The Balaban J connectivity index is 1.99. The number of hydrogen-bond donors (Lipinski definition) is 1. The summed E-state index contributed by atoms with van der Waals surface area (Å²) in [6.07, 6.45) is 0. The van der Waals surface area contributed by atoms with Crippen LogP contribution in [0.5, 0.6) is 5.75 Å². The third-order valence-corrected chi connectivity index (χ3v) is 4.03. The van der Waals surface area contributed by atoms with Gasteiger partial charge in [0, 0.05) is 15.8 Å². The van der Waals surface area contributed by atoms with Crippen molar-refractivity contribution >= 4 is 28.3 Å². The van der Waals surface area contributed by atoms with E-state index in [1.807, 2.05) is 30.3 Å². The monoisotopic (exact) mass is 378 g/mol. The summed E-state index contributed by atoms with van der Waals surface area (Å²) < 4.78 is 6.54. The molecule has 1 N–H and O–H groups in total. The first-order chi connectivity index (χ1) is 9.69. The zero-order chi connectivity index (χ0) is 14.4. The fourth-order valence-electron chi connectivity index (χ4n) is 1.77. The molecule has 0 saturated carbocycles. The van der Waals surface area contributed by atoms with E-state index in [0.29, 0.717) is 0 Å². The molecule has 0 aliphatic heterocycles. The van der Waals surface area contributed by atoms with Crippen LogP contribution < -0.4 is 10.1 Å². The molecular formula is C16H15IN2O. The Morgan fingerprint density at radius 2 is 2.10 bits per heavy atom. The standard InChI is InChI=1S/C16H15IN2O/c1-12-5-6-14(10-16(12)17)19-11-13-3-2-4-15(9-13)20-8-7-18/h2-6,9-10,19H,8,11H2,1H3. The van der Waals surface area contributed by atoms with Crippen LogP contribution >= 0.6 is 22.6 Å². The van der Waals surface area contributed by atoms with Crippen LogP contribution in [0.3, 0.4) is 0 Å². The average molecular weight is 378 g/mol. The molecule has 0 aliphatic rings. The number of nitriles is 1. The van der Waals surface area contributed by atoms with Gasteiger partial charge in [0.1, 0.15) is 11.8 Å². The van der Waals surface area contributed by atoms with E-state index >= 15 is 0 Å². The molecule has 0 atom stereocenters. The van der Waals surface area contributed by atoms with E-state index in [9.17, 15) is 0 Å². The van der Waals surface area contributed by atoms with E-state index in [1.165, 1.54) is 9.13 Å². The minimum atomic E-state index is 0.0764. The van der Waals surface area contributed by atoms with Crippen LogP contribution in [0.25, 0.3) is 0 Å². The van der Waals surface area contributed by atoms with Crippen LogP contribution in [0.1, 0.15) is 11.1 Å². The molecule has 0 aliphatic carbocycles. The highest BCUT2D eigenvalue weighted by atomic mass is 127. The van der Waals surface area contributed by atoms with Crippen molar-refractivity contribution in [2.24, 2.45) is 0 Å². The number of rotatable bonds is 5. The molecule has 0 heterocycles. The van der Waals surface area contributed by atoms with Crippen LogP contribution in [-0.2, 0) is 6.54 Å². The van der Waals surface area contributed by atoms with Crippen molar-refractivity contribution in [3.8, 4) is 11.8 Å². The molecule has 102 valence electrons. The molecule has 4 heteroatoms. The van der Waals surface area contributed by atoms with Crippen LogP contribution in [0.15, 0.2) is 42.5 Å². The molecule has 0 unspecified atom stereocenters. The summed E-state index contributed by atoms with van der Waals surface area (Å²) in [7, 11) is 0. The first-order valence-corrected chi connectivity index (χ1v) is 7.35. The molecule has 0 aromatic heterocycles. The molecular weight excluding hydrogens is 363 g/mol. The predicted molar refractivity (Wildman–Crippen MR) is 88.8 cm³/mol. The second kappa shape index (κ2) is 7.15.